The van der Waals surface area contributed by atoms with Crippen molar-refractivity contribution in [2.24, 2.45) is 0 Å². The van der Waals surface area contributed by atoms with Crippen molar-refractivity contribution in [1.82, 2.24) is 9.55 Å². The van der Waals surface area contributed by atoms with E-state index in [1.54, 1.807) is 23.9 Å². The summed E-state index contributed by atoms with van der Waals surface area (Å²) in [6, 6.07) is 5.31. The summed E-state index contributed by atoms with van der Waals surface area (Å²) in [6.07, 6.45) is 3.09. The summed E-state index contributed by atoms with van der Waals surface area (Å²) in [5.74, 6) is 1.11. The molecule has 1 N–H and O–H groups in total. The summed E-state index contributed by atoms with van der Waals surface area (Å²) in [5, 5.41) is 9.45. The molecular formula is C16H22N2O2S. The van der Waals surface area contributed by atoms with Gasteiger partial charge in [0.15, 0.2) is 0 Å². The highest BCUT2D eigenvalue weighted by Crippen LogP contribution is 2.28. The van der Waals surface area contributed by atoms with Crippen LogP contribution in [0.5, 0.6) is 0 Å². The van der Waals surface area contributed by atoms with Gasteiger partial charge in [0.2, 0.25) is 0 Å². The number of benzene rings is 1. The molecule has 0 bridgehead atoms. The molecule has 0 aliphatic carbocycles. The molecule has 0 saturated carbocycles. The molecular weight excluding hydrogens is 284 g/mol. The van der Waals surface area contributed by atoms with Gasteiger partial charge < -0.3 is 9.67 Å². The van der Waals surface area contributed by atoms with Gasteiger partial charge in [0.25, 0.3) is 0 Å². The largest absolute Gasteiger partial charge is 0.478 e. The van der Waals surface area contributed by atoms with Crippen molar-refractivity contribution in [3.63, 3.8) is 0 Å². The number of thioether (sulfide) groups is 1. The minimum absolute atomic E-state index is 0.117. The second-order valence-corrected chi connectivity index (χ2v) is 7.15. The topological polar surface area (TPSA) is 55.1 Å². The fourth-order valence-electron chi connectivity index (χ4n) is 2.52. The van der Waals surface area contributed by atoms with Gasteiger partial charge in [-0.3, -0.25) is 0 Å². The lowest BCUT2D eigenvalue weighted by Crippen LogP contribution is -2.20. The van der Waals surface area contributed by atoms with E-state index in [1.165, 1.54) is 0 Å². The van der Waals surface area contributed by atoms with E-state index in [1.807, 2.05) is 6.07 Å². The van der Waals surface area contributed by atoms with Crippen LogP contribution in [0.15, 0.2) is 18.2 Å². The lowest BCUT2D eigenvalue weighted by Gasteiger charge is -2.20. The van der Waals surface area contributed by atoms with Crippen molar-refractivity contribution >= 4 is 28.8 Å². The Kier molecular flexibility index (Phi) is 4.61. The maximum atomic E-state index is 11.5. The Hall–Kier alpha value is -1.49. The average molecular weight is 306 g/mol. The number of aromatic carboxylic acids is 1. The average Bonchev–Trinajstić information content (AvgIpc) is 2.78. The number of nitrogens with zero attached hydrogens (tertiary/aromatic N) is 2. The summed E-state index contributed by atoms with van der Waals surface area (Å²) in [4.78, 5) is 16.2. The van der Waals surface area contributed by atoms with Crippen LogP contribution in [0, 0.1) is 0 Å². The molecule has 0 aliphatic rings. The molecule has 0 amide bonds. The molecule has 2 aromatic rings. The van der Waals surface area contributed by atoms with Crippen LogP contribution in [-0.4, -0.2) is 32.6 Å². The third kappa shape index (κ3) is 3.23. The highest BCUT2D eigenvalue weighted by molar-refractivity contribution is 7.98. The fourth-order valence-corrected chi connectivity index (χ4v) is 2.93. The monoisotopic (exact) mass is 306 g/mol. The van der Waals surface area contributed by atoms with E-state index in [4.69, 9.17) is 4.98 Å². The molecule has 0 atom stereocenters. The highest BCUT2D eigenvalue weighted by atomic mass is 32.2. The van der Waals surface area contributed by atoms with E-state index in [0.717, 1.165) is 35.6 Å². The molecule has 0 saturated heterocycles. The van der Waals surface area contributed by atoms with Crippen molar-refractivity contribution in [1.29, 1.82) is 0 Å². The summed E-state index contributed by atoms with van der Waals surface area (Å²) >= 11 is 1.80. The smallest absolute Gasteiger partial charge is 0.337 e. The number of aryl methyl sites for hydroxylation is 1. The van der Waals surface area contributed by atoms with E-state index < -0.39 is 5.97 Å². The lowest BCUT2D eigenvalue weighted by atomic mass is 9.95. The van der Waals surface area contributed by atoms with Gasteiger partial charge >= 0.3 is 5.97 Å². The number of imidazole rings is 1. The number of carbonyl (C=O) groups is 1. The van der Waals surface area contributed by atoms with Crippen LogP contribution in [0.25, 0.3) is 11.0 Å². The van der Waals surface area contributed by atoms with Crippen LogP contribution in [0.2, 0.25) is 0 Å². The lowest BCUT2D eigenvalue weighted by molar-refractivity contribution is 0.0698. The van der Waals surface area contributed by atoms with Gasteiger partial charge in [0, 0.05) is 12.0 Å². The zero-order valence-corrected chi connectivity index (χ0v) is 13.8. The van der Waals surface area contributed by atoms with Crippen molar-refractivity contribution in [2.45, 2.75) is 39.2 Å². The van der Waals surface area contributed by atoms with Crippen LogP contribution in [0.1, 0.15) is 43.4 Å². The molecule has 1 aromatic carbocycles. The molecule has 1 aromatic heterocycles. The first-order chi connectivity index (χ1) is 9.86. The van der Waals surface area contributed by atoms with Crippen LogP contribution >= 0.6 is 11.8 Å². The predicted molar refractivity (Wildman–Crippen MR) is 88.4 cm³/mol. The molecule has 1 heterocycles. The fraction of sp³-hybridized carbons (Fsp3) is 0.500. The number of carboxylic acids is 1. The maximum Gasteiger partial charge on any atom is 0.337 e. The third-order valence-corrected chi connectivity index (χ3v) is 4.10. The Morgan fingerprint density at radius 1 is 1.38 bits per heavy atom. The van der Waals surface area contributed by atoms with Crippen LogP contribution in [0.3, 0.4) is 0 Å². The number of hydrogen-bond acceptors (Lipinski definition) is 3. The first kappa shape index (κ1) is 15.9. The molecule has 4 nitrogen and oxygen atoms in total. The minimum Gasteiger partial charge on any atom is -0.478 e. The zero-order valence-electron chi connectivity index (χ0n) is 13.0. The standard InChI is InChI=1S/C16H22N2O2S/c1-16(2,3)15-17-12-8-5-7-11(14(19)20)13(12)18(15)9-6-10-21-4/h5,7-8H,6,9-10H2,1-4H3,(H,19,20). The summed E-state index contributed by atoms with van der Waals surface area (Å²) in [6.45, 7) is 7.13. The van der Waals surface area contributed by atoms with E-state index in [-0.39, 0.29) is 5.41 Å². The summed E-state index contributed by atoms with van der Waals surface area (Å²) < 4.78 is 2.09. The quantitative estimate of drug-likeness (QED) is 0.854. The van der Waals surface area contributed by atoms with Crippen LogP contribution < -0.4 is 0 Å². The van der Waals surface area contributed by atoms with Crippen molar-refractivity contribution in [3.8, 4) is 0 Å². The Morgan fingerprint density at radius 3 is 2.67 bits per heavy atom. The van der Waals surface area contributed by atoms with Crippen molar-refractivity contribution in [2.75, 3.05) is 12.0 Å². The number of rotatable bonds is 5. The molecule has 0 fully saturated rings. The minimum atomic E-state index is -0.896. The van der Waals surface area contributed by atoms with Crippen molar-refractivity contribution in [3.05, 3.63) is 29.6 Å². The zero-order chi connectivity index (χ0) is 15.6. The van der Waals surface area contributed by atoms with E-state index in [9.17, 15) is 9.90 Å². The van der Waals surface area contributed by atoms with Gasteiger partial charge in [-0.1, -0.05) is 26.8 Å². The molecule has 0 unspecified atom stereocenters. The Labute approximate surface area is 129 Å². The second kappa shape index (κ2) is 6.10. The van der Waals surface area contributed by atoms with Gasteiger partial charge in [-0.2, -0.15) is 11.8 Å². The molecule has 0 spiro atoms. The maximum absolute atomic E-state index is 11.5. The number of fused-ring (bicyclic) bond motifs is 1. The third-order valence-electron chi connectivity index (χ3n) is 3.40. The first-order valence-corrected chi connectivity index (χ1v) is 8.47. The number of para-hydroxylation sites is 1. The Balaban J connectivity index is 2.65. The molecule has 0 radical (unpaired) electrons. The first-order valence-electron chi connectivity index (χ1n) is 7.08. The Morgan fingerprint density at radius 2 is 2.10 bits per heavy atom. The van der Waals surface area contributed by atoms with Gasteiger partial charge in [-0.15, -0.1) is 0 Å². The second-order valence-electron chi connectivity index (χ2n) is 6.16. The SMILES string of the molecule is CSCCCn1c(C(C)(C)C)nc2cccc(C(=O)O)c21. The number of carboxylic acid groups (broad SMARTS) is 1. The van der Waals surface area contributed by atoms with Gasteiger partial charge in [0.05, 0.1) is 16.6 Å². The molecule has 21 heavy (non-hydrogen) atoms. The normalized spacial score (nSPS) is 12.0. The number of aromatic nitrogens is 2. The van der Waals surface area contributed by atoms with Crippen molar-refractivity contribution < 1.29 is 9.90 Å². The van der Waals surface area contributed by atoms with Gasteiger partial charge in [-0.05, 0) is 30.6 Å². The molecule has 2 rings (SSSR count). The van der Waals surface area contributed by atoms with E-state index >= 15 is 0 Å². The number of hydrogen-bond donors (Lipinski definition) is 1. The van der Waals surface area contributed by atoms with E-state index in [2.05, 4.69) is 31.6 Å². The predicted octanol–water partition coefficient (Wildman–Crippen LogP) is 3.79. The Bertz CT molecular complexity index is 656. The molecule has 114 valence electrons. The summed E-state index contributed by atoms with van der Waals surface area (Å²) in [5.41, 5.74) is 1.73. The van der Waals surface area contributed by atoms with E-state index in [0.29, 0.717) is 5.56 Å². The van der Waals surface area contributed by atoms with Crippen LogP contribution in [0.4, 0.5) is 0 Å². The van der Waals surface area contributed by atoms with Gasteiger partial charge in [0.1, 0.15) is 5.82 Å². The van der Waals surface area contributed by atoms with Crippen LogP contribution in [-0.2, 0) is 12.0 Å². The molecule has 0 aliphatic heterocycles. The molecule has 5 heteroatoms. The van der Waals surface area contributed by atoms with Gasteiger partial charge in [-0.25, -0.2) is 9.78 Å². The summed E-state index contributed by atoms with van der Waals surface area (Å²) in [7, 11) is 0. The highest BCUT2D eigenvalue weighted by Gasteiger charge is 2.25.